The molecule has 0 unspecified atom stereocenters. The fourth-order valence-electron chi connectivity index (χ4n) is 4.88. The zero-order chi connectivity index (χ0) is 25.1. The van der Waals surface area contributed by atoms with Crippen LogP contribution < -0.4 is 10.3 Å². The van der Waals surface area contributed by atoms with Crippen molar-refractivity contribution in [1.29, 1.82) is 5.26 Å². The van der Waals surface area contributed by atoms with Crippen LogP contribution in [0.4, 0.5) is 0 Å². The summed E-state index contributed by atoms with van der Waals surface area (Å²) in [6.45, 7) is 5.22. The van der Waals surface area contributed by atoms with Crippen LogP contribution in [0.15, 0.2) is 71.5 Å². The lowest BCUT2D eigenvalue weighted by Gasteiger charge is -2.17. The molecule has 5 heteroatoms. The smallest absolute Gasteiger partial charge is 0.261 e. The molecular weight excluding hydrogens is 446 g/mol. The first-order valence-electron chi connectivity index (χ1n) is 12.5. The number of unbranched alkanes of at least 4 members (excludes halogenated alkanes) is 1. The average Bonchev–Trinajstić information content (AvgIpc) is 3.38. The predicted octanol–water partition coefficient (Wildman–Crippen LogP) is 6.08. The number of hydrogen-bond donors (Lipinski definition) is 0. The van der Waals surface area contributed by atoms with E-state index < -0.39 is 0 Å². The zero-order valence-electron chi connectivity index (χ0n) is 20.8. The Morgan fingerprint density at radius 3 is 2.61 bits per heavy atom. The Kier molecular flexibility index (Phi) is 6.69. The number of ether oxygens (including phenoxy) is 1. The molecule has 1 aliphatic rings. The molecule has 0 fully saturated rings. The molecule has 0 spiro atoms. The summed E-state index contributed by atoms with van der Waals surface area (Å²) in [5.74, 6) is 1.73. The molecule has 4 aromatic rings. The van der Waals surface area contributed by atoms with Crippen LogP contribution in [0.3, 0.4) is 0 Å². The van der Waals surface area contributed by atoms with Gasteiger partial charge in [-0.3, -0.25) is 9.36 Å². The topological polar surface area (TPSA) is 67.9 Å². The first-order chi connectivity index (χ1) is 17.6. The lowest BCUT2D eigenvalue weighted by atomic mass is 9.99. The quantitative estimate of drug-likeness (QED) is 0.325. The van der Waals surface area contributed by atoms with Crippen LogP contribution >= 0.6 is 0 Å². The summed E-state index contributed by atoms with van der Waals surface area (Å²) >= 11 is 0. The van der Waals surface area contributed by atoms with Crippen molar-refractivity contribution < 1.29 is 4.74 Å². The normalized spacial score (nSPS) is 12.1. The van der Waals surface area contributed by atoms with Crippen LogP contribution in [0.2, 0.25) is 0 Å². The maximum Gasteiger partial charge on any atom is 0.261 e. The van der Waals surface area contributed by atoms with Crippen molar-refractivity contribution in [2.75, 3.05) is 6.61 Å². The summed E-state index contributed by atoms with van der Waals surface area (Å²) in [6.07, 6.45) is 3.64. The van der Waals surface area contributed by atoms with Crippen molar-refractivity contribution >= 4 is 0 Å². The summed E-state index contributed by atoms with van der Waals surface area (Å²) in [4.78, 5) is 18.8. The van der Waals surface area contributed by atoms with Gasteiger partial charge in [-0.25, -0.2) is 4.98 Å². The van der Waals surface area contributed by atoms with E-state index in [1.54, 1.807) is 0 Å². The molecule has 1 aliphatic heterocycles. The third-order valence-corrected chi connectivity index (χ3v) is 6.81. The number of aryl methyl sites for hydroxylation is 2. The number of hydrogen-bond acceptors (Lipinski definition) is 4. The molecule has 0 saturated carbocycles. The number of aromatic nitrogens is 2. The molecule has 1 aromatic heterocycles. The van der Waals surface area contributed by atoms with Crippen molar-refractivity contribution in [2.45, 2.75) is 46.1 Å². The van der Waals surface area contributed by atoms with E-state index in [2.05, 4.69) is 19.1 Å². The fraction of sp³-hybridized carbons (Fsp3) is 0.258. The predicted molar refractivity (Wildman–Crippen MR) is 142 cm³/mol. The summed E-state index contributed by atoms with van der Waals surface area (Å²) in [5.41, 5.74) is 7.02. The highest BCUT2D eigenvalue weighted by Gasteiger charge is 2.19. The second-order valence-electron chi connectivity index (χ2n) is 9.26. The molecule has 0 saturated heterocycles. The maximum atomic E-state index is 13.9. The van der Waals surface area contributed by atoms with Crippen LogP contribution in [0.5, 0.6) is 5.75 Å². The third-order valence-electron chi connectivity index (χ3n) is 6.81. The van der Waals surface area contributed by atoms with Gasteiger partial charge in [0.15, 0.2) is 0 Å². The van der Waals surface area contributed by atoms with Gasteiger partial charge >= 0.3 is 0 Å². The minimum atomic E-state index is -0.00799. The molecular formula is C31H29N3O2. The standard InChI is InChI=1S/C31H29N3O2/c1-3-4-9-29-33-21(2)30(25-14-15-28-24(18-25)16-17-36-28)31(35)34(29)20-22-10-12-23(13-11-22)27-8-6-5-7-26(27)19-32/h5-8,10-15,18H,3-4,9,16-17,20H2,1-2H3. The first kappa shape index (κ1) is 23.6. The first-order valence-corrected chi connectivity index (χ1v) is 12.5. The summed E-state index contributed by atoms with van der Waals surface area (Å²) < 4.78 is 7.49. The summed E-state index contributed by atoms with van der Waals surface area (Å²) in [7, 11) is 0. The minimum Gasteiger partial charge on any atom is -0.493 e. The Bertz CT molecular complexity index is 1510. The molecule has 0 amide bonds. The van der Waals surface area contributed by atoms with E-state index in [-0.39, 0.29) is 5.56 Å². The molecule has 0 atom stereocenters. The van der Waals surface area contributed by atoms with E-state index >= 15 is 0 Å². The Labute approximate surface area is 211 Å². The van der Waals surface area contributed by atoms with Crippen LogP contribution in [-0.2, 0) is 19.4 Å². The van der Waals surface area contributed by atoms with Gasteiger partial charge in [-0.1, -0.05) is 61.9 Å². The van der Waals surface area contributed by atoms with Crippen molar-refractivity contribution in [1.82, 2.24) is 9.55 Å². The molecule has 180 valence electrons. The van der Waals surface area contributed by atoms with E-state index in [1.165, 1.54) is 0 Å². The highest BCUT2D eigenvalue weighted by atomic mass is 16.5. The maximum absolute atomic E-state index is 13.9. The molecule has 0 radical (unpaired) electrons. The largest absolute Gasteiger partial charge is 0.493 e. The van der Waals surface area contributed by atoms with Crippen LogP contribution in [0.1, 0.15) is 48.0 Å². The lowest BCUT2D eigenvalue weighted by Crippen LogP contribution is -2.28. The second-order valence-corrected chi connectivity index (χ2v) is 9.26. The molecule has 3 aromatic carbocycles. The fourth-order valence-corrected chi connectivity index (χ4v) is 4.88. The number of fused-ring (bicyclic) bond motifs is 1. The van der Waals surface area contributed by atoms with E-state index in [0.717, 1.165) is 70.8 Å². The Morgan fingerprint density at radius 1 is 1.06 bits per heavy atom. The Morgan fingerprint density at radius 2 is 1.83 bits per heavy atom. The van der Waals surface area contributed by atoms with Gasteiger partial charge in [-0.05, 0) is 59.4 Å². The monoisotopic (exact) mass is 475 g/mol. The minimum absolute atomic E-state index is 0.00799. The number of benzene rings is 3. The van der Waals surface area contributed by atoms with E-state index in [1.807, 2.05) is 72.2 Å². The van der Waals surface area contributed by atoms with Crippen molar-refractivity contribution in [3.05, 3.63) is 105 Å². The second kappa shape index (κ2) is 10.2. The van der Waals surface area contributed by atoms with Gasteiger partial charge in [0.1, 0.15) is 11.6 Å². The van der Waals surface area contributed by atoms with Crippen LogP contribution in [-0.4, -0.2) is 16.2 Å². The summed E-state index contributed by atoms with van der Waals surface area (Å²) in [6, 6.07) is 24.0. The number of nitrogens with zero attached hydrogens (tertiary/aromatic N) is 3. The van der Waals surface area contributed by atoms with Crippen LogP contribution in [0.25, 0.3) is 22.3 Å². The van der Waals surface area contributed by atoms with Crippen molar-refractivity contribution in [3.63, 3.8) is 0 Å². The summed E-state index contributed by atoms with van der Waals surface area (Å²) in [5, 5.41) is 9.45. The highest BCUT2D eigenvalue weighted by molar-refractivity contribution is 5.70. The molecule has 36 heavy (non-hydrogen) atoms. The average molecular weight is 476 g/mol. The molecule has 0 aliphatic carbocycles. The van der Waals surface area contributed by atoms with Gasteiger partial charge in [0.05, 0.1) is 36.0 Å². The van der Waals surface area contributed by atoms with E-state index in [0.29, 0.717) is 24.3 Å². The molecule has 0 bridgehead atoms. The number of nitriles is 1. The lowest BCUT2D eigenvalue weighted by molar-refractivity contribution is 0.357. The molecule has 5 nitrogen and oxygen atoms in total. The molecule has 0 N–H and O–H groups in total. The Hall–Kier alpha value is -4.17. The van der Waals surface area contributed by atoms with Crippen molar-refractivity contribution in [3.8, 4) is 34.1 Å². The van der Waals surface area contributed by atoms with Gasteiger partial charge < -0.3 is 4.74 Å². The van der Waals surface area contributed by atoms with Gasteiger partial charge in [0, 0.05) is 12.8 Å². The van der Waals surface area contributed by atoms with Gasteiger partial charge in [-0.2, -0.15) is 5.26 Å². The van der Waals surface area contributed by atoms with Gasteiger partial charge in [0.2, 0.25) is 0 Å². The SMILES string of the molecule is CCCCc1nc(C)c(-c2ccc3c(c2)CCO3)c(=O)n1Cc1ccc(-c2ccccc2C#N)cc1. The van der Waals surface area contributed by atoms with Gasteiger partial charge in [-0.15, -0.1) is 0 Å². The van der Waals surface area contributed by atoms with E-state index in [4.69, 9.17) is 9.72 Å². The van der Waals surface area contributed by atoms with Gasteiger partial charge in [0.25, 0.3) is 5.56 Å². The molecule has 2 heterocycles. The Balaban J connectivity index is 1.53. The van der Waals surface area contributed by atoms with Crippen molar-refractivity contribution in [2.24, 2.45) is 0 Å². The highest BCUT2D eigenvalue weighted by Crippen LogP contribution is 2.30. The third kappa shape index (κ3) is 4.55. The number of rotatable bonds is 7. The van der Waals surface area contributed by atoms with Crippen LogP contribution in [0, 0.1) is 18.3 Å². The zero-order valence-corrected chi connectivity index (χ0v) is 20.8. The van der Waals surface area contributed by atoms with E-state index in [9.17, 15) is 10.1 Å². The molecule has 5 rings (SSSR count).